The zero-order chi connectivity index (χ0) is 31.6. The van der Waals surface area contributed by atoms with E-state index in [1.807, 2.05) is 0 Å². The van der Waals surface area contributed by atoms with Crippen molar-refractivity contribution in [3.63, 3.8) is 0 Å². The molecule has 3 aromatic carbocycles. The average molecular weight is 632 g/mol. The van der Waals surface area contributed by atoms with Crippen LogP contribution in [0.3, 0.4) is 0 Å². The lowest BCUT2D eigenvalue weighted by Crippen LogP contribution is -2.53. The van der Waals surface area contributed by atoms with Crippen molar-refractivity contribution in [2.24, 2.45) is 0 Å². The second-order valence-electron chi connectivity index (χ2n) is 8.69. The van der Waals surface area contributed by atoms with Gasteiger partial charge in [-0.3, -0.25) is 0 Å². The predicted molar refractivity (Wildman–Crippen MR) is 127 cm³/mol. The van der Waals surface area contributed by atoms with E-state index in [0.29, 0.717) is 12.1 Å². The molecule has 3 aromatic rings. The third-order valence-corrected chi connectivity index (χ3v) is 6.65. The number of amides is 2. The summed E-state index contributed by atoms with van der Waals surface area (Å²) < 4.78 is 160. The Morgan fingerprint density at radius 1 is 0.786 bits per heavy atom. The normalized spacial score (nSPS) is 14.1. The number of halogens is 10. The summed E-state index contributed by atoms with van der Waals surface area (Å²) in [6.45, 7) is -1.88. The van der Waals surface area contributed by atoms with Crippen LogP contribution in [-0.2, 0) is 28.3 Å². The Morgan fingerprint density at radius 3 is 1.98 bits per heavy atom. The Labute approximate surface area is 231 Å². The highest BCUT2D eigenvalue weighted by molar-refractivity contribution is 7.88. The highest BCUT2D eigenvalue weighted by Crippen LogP contribution is 2.40. The third-order valence-electron chi connectivity index (χ3n) is 5.67. The minimum Gasteiger partial charge on any atom is -0.376 e. The number of hydrogen-bond acceptors (Lipinski definition) is 4. The van der Waals surface area contributed by atoms with E-state index in [4.69, 9.17) is 0 Å². The standard InChI is InChI=1S/C25H18F10N2O4S/c26-20-10-9-17(12-19(20)24(30,31)32)22(13-15-5-2-1-3-6-15,37-21(38)36-14-23(27,28)29)16-7-4-8-18(11-16)41-42(39,40)25(33,34)35/h1-12H,13-14H2,(H2,36,37,38). The number of nitrogens with one attached hydrogen (secondary N) is 2. The Kier molecular flexibility index (Phi) is 9.05. The summed E-state index contributed by atoms with van der Waals surface area (Å²) in [7, 11) is -6.24. The van der Waals surface area contributed by atoms with Crippen LogP contribution in [0.25, 0.3) is 0 Å². The third kappa shape index (κ3) is 7.83. The molecule has 3 rings (SSSR count). The molecule has 0 aliphatic heterocycles. The summed E-state index contributed by atoms with van der Waals surface area (Å²) >= 11 is 0. The Balaban J connectivity index is 2.31. The molecule has 0 saturated carbocycles. The molecule has 0 heterocycles. The number of carbonyl (C=O) groups is 1. The lowest BCUT2D eigenvalue weighted by Gasteiger charge is -2.37. The van der Waals surface area contributed by atoms with Crippen LogP contribution in [0.1, 0.15) is 22.3 Å². The van der Waals surface area contributed by atoms with Crippen LogP contribution < -0.4 is 14.8 Å². The molecule has 2 N–H and O–H groups in total. The van der Waals surface area contributed by atoms with Crippen molar-refractivity contribution in [3.8, 4) is 5.75 Å². The number of carbonyl (C=O) groups excluding carboxylic acids is 1. The highest BCUT2D eigenvalue weighted by atomic mass is 32.2. The molecule has 1 unspecified atom stereocenters. The van der Waals surface area contributed by atoms with Gasteiger partial charge in [0.25, 0.3) is 0 Å². The molecular formula is C25H18F10N2O4S. The monoisotopic (exact) mass is 632 g/mol. The van der Waals surface area contributed by atoms with Crippen molar-refractivity contribution in [3.05, 3.63) is 101 Å². The topological polar surface area (TPSA) is 84.5 Å². The van der Waals surface area contributed by atoms with Crippen LogP contribution in [-0.4, -0.2) is 32.7 Å². The second-order valence-corrected chi connectivity index (χ2v) is 10.2. The Hall–Kier alpha value is -4.02. The van der Waals surface area contributed by atoms with Gasteiger partial charge in [-0.25, -0.2) is 9.18 Å². The molecule has 42 heavy (non-hydrogen) atoms. The van der Waals surface area contributed by atoms with Gasteiger partial charge in [-0.15, -0.1) is 0 Å². The van der Waals surface area contributed by atoms with E-state index in [1.165, 1.54) is 35.6 Å². The molecule has 0 aromatic heterocycles. The summed E-state index contributed by atoms with van der Waals surface area (Å²) in [6, 6.07) is 10.5. The van der Waals surface area contributed by atoms with Crippen molar-refractivity contribution in [2.45, 2.75) is 29.8 Å². The first kappa shape index (κ1) is 32.5. The van der Waals surface area contributed by atoms with Crippen LogP contribution in [0, 0.1) is 5.82 Å². The largest absolute Gasteiger partial charge is 0.534 e. The number of benzene rings is 3. The van der Waals surface area contributed by atoms with E-state index in [0.717, 1.165) is 24.3 Å². The number of urea groups is 1. The maximum absolute atomic E-state index is 14.2. The zero-order valence-electron chi connectivity index (χ0n) is 20.7. The average Bonchev–Trinajstić information content (AvgIpc) is 2.86. The Morgan fingerprint density at radius 2 is 1.40 bits per heavy atom. The summed E-state index contributed by atoms with van der Waals surface area (Å²) in [6.07, 6.45) is -10.8. The summed E-state index contributed by atoms with van der Waals surface area (Å²) in [5.41, 5.74) is -10.8. The molecule has 17 heteroatoms. The minimum atomic E-state index is -6.24. The maximum atomic E-state index is 14.2. The van der Waals surface area contributed by atoms with Gasteiger partial charge in [0.15, 0.2) is 0 Å². The molecule has 0 aliphatic carbocycles. The van der Waals surface area contributed by atoms with Gasteiger partial charge in [-0.2, -0.15) is 47.9 Å². The van der Waals surface area contributed by atoms with Crippen LogP contribution in [0.4, 0.5) is 48.7 Å². The fraction of sp³-hybridized carbons (Fsp3) is 0.240. The highest BCUT2D eigenvalue weighted by Gasteiger charge is 2.49. The molecule has 0 bridgehead atoms. The van der Waals surface area contributed by atoms with Gasteiger partial charge in [0.2, 0.25) is 0 Å². The fourth-order valence-electron chi connectivity index (χ4n) is 3.88. The van der Waals surface area contributed by atoms with Crippen molar-refractivity contribution in [1.29, 1.82) is 0 Å². The number of rotatable bonds is 8. The van der Waals surface area contributed by atoms with Crippen molar-refractivity contribution in [1.82, 2.24) is 10.6 Å². The van der Waals surface area contributed by atoms with Gasteiger partial charge in [-0.1, -0.05) is 48.5 Å². The second kappa shape index (κ2) is 11.7. The first-order chi connectivity index (χ1) is 19.2. The summed E-state index contributed by atoms with van der Waals surface area (Å²) in [5.74, 6) is -2.74. The minimum absolute atomic E-state index is 0.237. The van der Waals surface area contributed by atoms with E-state index in [9.17, 15) is 57.1 Å². The summed E-state index contributed by atoms with van der Waals surface area (Å²) in [5, 5.41) is 3.62. The number of alkyl halides is 9. The molecule has 6 nitrogen and oxygen atoms in total. The van der Waals surface area contributed by atoms with E-state index >= 15 is 0 Å². The molecule has 0 aliphatic rings. The van der Waals surface area contributed by atoms with E-state index in [2.05, 4.69) is 9.50 Å². The molecule has 0 spiro atoms. The lowest BCUT2D eigenvalue weighted by molar-refractivity contribution is -0.140. The molecular weight excluding hydrogens is 614 g/mol. The van der Waals surface area contributed by atoms with Crippen LogP contribution in [0.2, 0.25) is 0 Å². The lowest BCUT2D eigenvalue weighted by atomic mass is 9.77. The van der Waals surface area contributed by atoms with Gasteiger partial charge >= 0.3 is 34.0 Å². The van der Waals surface area contributed by atoms with Crippen LogP contribution >= 0.6 is 0 Å². The molecule has 0 radical (unpaired) electrons. The molecule has 0 saturated heterocycles. The van der Waals surface area contributed by atoms with Crippen molar-refractivity contribution in [2.75, 3.05) is 6.54 Å². The van der Waals surface area contributed by atoms with E-state index < -0.39 is 80.8 Å². The first-order valence-electron chi connectivity index (χ1n) is 11.4. The molecule has 2 amide bonds. The van der Waals surface area contributed by atoms with Gasteiger partial charge < -0.3 is 14.8 Å². The van der Waals surface area contributed by atoms with Crippen molar-refractivity contribution < 1.29 is 61.3 Å². The number of hydrogen-bond donors (Lipinski definition) is 2. The van der Waals surface area contributed by atoms with Crippen LogP contribution in [0.15, 0.2) is 72.8 Å². The summed E-state index contributed by atoms with van der Waals surface area (Å²) in [4.78, 5) is 12.7. The molecule has 1 atom stereocenters. The fourth-order valence-corrected chi connectivity index (χ4v) is 4.33. The van der Waals surface area contributed by atoms with E-state index in [1.54, 1.807) is 0 Å². The maximum Gasteiger partial charge on any atom is 0.534 e. The van der Waals surface area contributed by atoms with Gasteiger partial charge in [0.1, 0.15) is 18.1 Å². The van der Waals surface area contributed by atoms with Gasteiger partial charge in [0.05, 0.1) is 11.1 Å². The van der Waals surface area contributed by atoms with Crippen molar-refractivity contribution >= 4 is 16.1 Å². The van der Waals surface area contributed by atoms with Crippen LogP contribution in [0.5, 0.6) is 5.75 Å². The SMILES string of the molecule is O=C(NCC(F)(F)F)NC(Cc1ccccc1)(c1cccc(OS(=O)(=O)C(F)(F)F)c1)c1ccc(F)c(C(F)(F)F)c1. The van der Waals surface area contributed by atoms with Gasteiger partial charge in [-0.05, 0) is 41.0 Å². The molecule has 0 fully saturated rings. The Bertz CT molecular complexity index is 1520. The zero-order valence-corrected chi connectivity index (χ0v) is 21.5. The van der Waals surface area contributed by atoms with Gasteiger partial charge in [0, 0.05) is 6.42 Å². The quantitative estimate of drug-likeness (QED) is 0.171. The van der Waals surface area contributed by atoms with E-state index in [-0.39, 0.29) is 11.6 Å². The molecule has 228 valence electrons. The smallest absolute Gasteiger partial charge is 0.376 e. The predicted octanol–water partition coefficient (Wildman–Crippen LogP) is 6.42. The first-order valence-corrected chi connectivity index (χ1v) is 12.8.